The Balaban J connectivity index is 2.63. The molecule has 0 aliphatic heterocycles. The van der Waals surface area contributed by atoms with Crippen LogP contribution in [0.2, 0.25) is 0 Å². The van der Waals surface area contributed by atoms with Crippen molar-refractivity contribution in [3.05, 3.63) is 29.8 Å². The van der Waals surface area contributed by atoms with Gasteiger partial charge in [0.1, 0.15) is 0 Å². The van der Waals surface area contributed by atoms with Crippen LogP contribution in [-0.2, 0) is 0 Å². The Morgan fingerprint density at radius 1 is 1.09 bits per heavy atom. The first-order chi connectivity index (χ1) is 10.6. The molecule has 5 heteroatoms. The molecule has 1 rings (SSSR count). The van der Waals surface area contributed by atoms with Crippen LogP contribution in [0, 0.1) is 5.92 Å². The van der Waals surface area contributed by atoms with Crippen LogP contribution in [0.15, 0.2) is 24.3 Å². The average molecular weight is 319 g/mol. The van der Waals surface area contributed by atoms with Gasteiger partial charge in [0.25, 0.3) is 5.91 Å². The van der Waals surface area contributed by atoms with Crippen LogP contribution in [0.3, 0.4) is 0 Å². The van der Waals surface area contributed by atoms with Gasteiger partial charge in [-0.2, -0.15) is 0 Å². The van der Waals surface area contributed by atoms with Crippen LogP contribution in [0.1, 0.15) is 58.3 Å². The van der Waals surface area contributed by atoms with E-state index in [-0.39, 0.29) is 23.5 Å². The SMILES string of the molecule is CCC(C)(C)NC(=O)c1ccc(NC(=O)NC(C)C(C)C)cc1. The highest BCUT2D eigenvalue weighted by Gasteiger charge is 2.18. The highest BCUT2D eigenvalue weighted by molar-refractivity contribution is 5.96. The molecule has 1 atom stereocenters. The number of rotatable bonds is 6. The number of hydrogen-bond acceptors (Lipinski definition) is 2. The van der Waals surface area contributed by atoms with Gasteiger partial charge in [0, 0.05) is 22.8 Å². The average Bonchev–Trinajstić information content (AvgIpc) is 2.47. The topological polar surface area (TPSA) is 70.2 Å². The van der Waals surface area contributed by atoms with E-state index in [9.17, 15) is 9.59 Å². The number of nitrogens with one attached hydrogen (secondary N) is 3. The van der Waals surface area contributed by atoms with E-state index in [1.54, 1.807) is 24.3 Å². The molecule has 5 nitrogen and oxygen atoms in total. The minimum Gasteiger partial charge on any atom is -0.347 e. The molecule has 0 spiro atoms. The monoisotopic (exact) mass is 319 g/mol. The van der Waals surface area contributed by atoms with Crippen molar-refractivity contribution in [1.29, 1.82) is 0 Å². The van der Waals surface area contributed by atoms with Gasteiger partial charge in [-0.15, -0.1) is 0 Å². The predicted octanol–water partition coefficient (Wildman–Crippen LogP) is 3.77. The van der Waals surface area contributed by atoms with Gasteiger partial charge < -0.3 is 16.0 Å². The molecular formula is C18H29N3O2. The quantitative estimate of drug-likeness (QED) is 0.747. The van der Waals surface area contributed by atoms with Crippen LogP contribution in [0.25, 0.3) is 0 Å². The molecule has 3 N–H and O–H groups in total. The summed E-state index contributed by atoms with van der Waals surface area (Å²) in [7, 11) is 0. The van der Waals surface area contributed by atoms with Gasteiger partial charge in [0.2, 0.25) is 0 Å². The van der Waals surface area contributed by atoms with E-state index >= 15 is 0 Å². The van der Waals surface area contributed by atoms with Crippen molar-refractivity contribution in [3.8, 4) is 0 Å². The molecule has 0 heterocycles. The number of urea groups is 1. The minimum atomic E-state index is -0.240. The number of carbonyl (C=O) groups is 2. The van der Waals surface area contributed by atoms with Crippen molar-refractivity contribution < 1.29 is 9.59 Å². The number of anilines is 1. The summed E-state index contributed by atoms with van der Waals surface area (Å²) >= 11 is 0. The van der Waals surface area contributed by atoms with E-state index in [4.69, 9.17) is 0 Å². The number of benzene rings is 1. The van der Waals surface area contributed by atoms with Crippen LogP contribution in [-0.4, -0.2) is 23.5 Å². The molecule has 0 saturated carbocycles. The summed E-state index contributed by atoms with van der Waals surface area (Å²) < 4.78 is 0. The molecule has 1 unspecified atom stereocenters. The fourth-order valence-corrected chi connectivity index (χ4v) is 1.71. The first-order valence-corrected chi connectivity index (χ1v) is 8.14. The first kappa shape index (κ1) is 19.0. The van der Waals surface area contributed by atoms with Gasteiger partial charge in [0.15, 0.2) is 0 Å². The summed E-state index contributed by atoms with van der Waals surface area (Å²) in [5.74, 6) is 0.259. The summed E-state index contributed by atoms with van der Waals surface area (Å²) in [4.78, 5) is 24.0. The number of hydrogen-bond donors (Lipinski definition) is 3. The third-order valence-corrected chi connectivity index (χ3v) is 4.10. The van der Waals surface area contributed by atoms with E-state index < -0.39 is 0 Å². The molecule has 0 saturated heterocycles. The Bertz CT molecular complexity index is 536. The molecule has 0 aliphatic rings. The van der Waals surface area contributed by atoms with Crippen LogP contribution in [0.5, 0.6) is 0 Å². The van der Waals surface area contributed by atoms with Crippen LogP contribution in [0.4, 0.5) is 10.5 Å². The largest absolute Gasteiger partial charge is 0.347 e. The summed E-state index contributed by atoms with van der Waals surface area (Å²) in [5, 5.41) is 8.63. The normalized spacial score (nSPS) is 12.7. The summed E-state index contributed by atoms with van der Waals surface area (Å²) in [6, 6.07) is 6.73. The molecule has 1 aromatic rings. The molecule has 23 heavy (non-hydrogen) atoms. The minimum absolute atomic E-state index is 0.0938. The zero-order valence-electron chi connectivity index (χ0n) is 15.0. The van der Waals surface area contributed by atoms with E-state index in [2.05, 4.69) is 29.8 Å². The van der Waals surface area contributed by atoms with Gasteiger partial charge in [0.05, 0.1) is 0 Å². The third-order valence-electron chi connectivity index (χ3n) is 4.10. The maximum atomic E-state index is 12.2. The fraction of sp³-hybridized carbons (Fsp3) is 0.556. The van der Waals surface area contributed by atoms with Crippen molar-refractivity contribution in [1.82, 2.24) is 10.6 Å². The second-order valence-corrected chi connectivity index (χ2v) is 6.90. The fourth-order valence-electron chi connectivity index (χ4n) is 1.71. The molecule has 0 radical (unpaired) electrons. The Morgan fingerprint density at radius 3 is 2.13 bits per heavy atom. The lowest BCUT2D eigenvalue weighted by Gasteiger charge is -2.24. The molecule has 0 bridgehead atoms. The molecule has 128 valence electrons. The molecule has 0 aliphatic carbocycles. The lowest BCUT2D eigenvalue weighted by molar-refractivity contribution is 0.0911. The van der Waals surface area contributed by atoms with E-state index in [0.29, 0.717) is 17.2 Å². The molecular weight excluding hydrogens is 290 g/mol. The van der Waals surface area contributed by atoms with Crippen molar-refractivity contribution in [2.24, 2.45) is 5.92 Å². The molecule has 3 amide bonds. The van der Waals surface area contributed by atoms with Crippen molar-refractivity contribution >= 4 is 17.6 Å². The van der Waals surface area contributed by atoms with Crippen LogP contribution >= 0.6 is 0 Å². The van der Waals surface area contributed by atoms with Crippen molar-refractivity contribution in [2.75, 3.05) is 5.32 Å². The van der Waals surface area contributed by atoms with Crippen LogP contribution < -0.4 is 16.0 Å². The third kappa shape index (κ3) is 6.30. The number of carbonyl (C=O) groups excluding carboxylic acids is 2. The van der Waals surface area contributed by atoms with Gasteiger partial charge in [-0.3, -0.25) is 4.79 Å². The van der Waals surface area contributed by atoms with E-state index in [1.807, 2.05) is 27.7 Å². The lowest BCUT2D eigenvalue weighted by Crippen LogP contribution is -2.42. The Hall–Kier alpha value is -2.04. The summed E-state index contributed by atoms with van der Waals surface area (Å²) in [6.45, 7) is 12.1. The molecule has 0 fully saturated rings. The lowest BCUT2D eigenvalue weighted by atomic mass is 10.0. The van der Waals surface area contributed by atoms with Gasteiger partial charge in [-0.25, -0.2) is 4.79 Å². The van der Waals surface area contributed by atoms with E-state index in [1.165, 1.54) is 0 Å². The highest BCUT2D eigenvalue weighted by Crippen LogP contribution is 2.13. The summed E-state index contributed by atoms with van der Waals surface area (Å²) in [5.41, 5.74) is 0.999. The first-order valence-electron chi connectivity index (χ1n) is 8.14. The van der Waals surface area contributed by atoms with Gasteiger partial charge in [-0.05, 0) is 57.4 Å². The van der Waals surface area contributed by atoms with Gasteiger partial charge >= 0.3 is 6.03 Å². The molecule has 0 aromatic heterocycles. The highest BCUT2D eigenvalue weighted by atomic mass is 16.2. The number of amides is 3. The zero-order valence-corrected chi connectivity index (χ0v) is 15.0. The molecule has 1 aromatic carbocycles. The van der Waals surface area contributed by atoms with E-state index in [0.717, 1.165) is 6.42 Å². The smallest absolute Gasteiger partial charge is 0.319 e. The summed E-state index contributed by atoms with van der Waals surface area (Å²) in [6.07, 6.45) is 0.854. The Morgan fingerprint density at radius 2 is 1.65 bits per heavy atom. The standard InChI is InChI=1S/C18H29N3O2/c1-7-18(5,6)21-16(22)14-8-10-15(11-9-14)20-17(23)19-13(4)12(2)3/h8-13H,7H2,1-6H3,(H,21,22)(H2,19,20,23). The van der Waals surface area contributed by atoms with Crippen molar-refractivity contribution in [2.45, 2.75) is 59.5 Å². The Kier molecular flexibility index (Phi) is 6.61. The second kappa shape index (κ2) is 7.99. The van der Waals surface area contributed by atoms with Gasteiger partial charge in [-0.1, -0.05) is 20.8 Å². The predicted molar refractivity (Wildman–Crippen MR) is 94.7 cm³/mol. The van der Waals surface area contributed by atoms with Crippen molar-refractivity contribution in [3.63, 3.8) is 0 Å². The zero-order chi connectivity index (χ0) is 17.6. The maximum absolute atomic E-state index is 12.2. The second-order valence-electron chi connectivity index (χ2n) is 6.90. The Labute approximate surface area is 139 Å². The maximum Gasteiger partial charge on any atom is 0.319 e.